The SMILES string of the molecule is CCOC(=O)CCN(C)c1ccc(S(N)(=O)=O)cn1. The molecule has 0 aliphatic heterocycles. The molecule has 0 saturated heterocycles. The van der Waals surface area contributed by atoms with Crippen LogP contribution in [-0.4, -0.2) is 39.6 Å². The van der Waals surface area contributed by atoms with E-state index in [1.807, 2.05) is 0 Å². The third-order valence-electron chi connectivity index (χ3n) is 2.40. The molecule has 1 aromatic rings. The number of sulfonamides is 1. The van der Waals surface area contributed by atoms with E-state index in [4.69, 9.17) is 9.88 Å². The van der Waals surface area contributed by atoms with E-state index in [0.29, 0.717) is 19.0 Å². The van der Waals surface area contributed by atoms with Gasteiger partial charge in [0, 0.05) is 19.8 Å². The number of nitrogens with two attached hydrogens (primary N) is 1. The highest BCUT2D eigenvalue weighted by Crippen LogP contribution is 2.12. The summed E-state index contributed by atoms with van der Waals surface area (Å²) in [5, 5.41) is 4.97. The molecule has 106 valence electrons. The molecule has 0 radical (unpaired) electrons. The Morgan fingerprint density at radius 1 is 1.47 bits per heavy atom. The molecule has 19 heavy (non-hydrogen) atoms. The summed E-state index contributed by atoms with van der Waals surface area (Å²) < 4.78 is 26.9. The molecule has 0 atom stereocenters. The molecule has 0 saturated carbocycles. The molecule has 1 heterocycles. The van der Waals surface area contributed by atoms with E-state index in [0.717, 1.165) is 0 Å². The standard InChI is InChI=1S/C11H17N3O4S/c1-3-18-11(15)6-7-14(2)10-5-4-9(8-13-10)19(12,16)17/h4-5,8H,3,6-7H2,1-2H3,(H2,12,16,17). The van der Waals surface area contributed by atoms with Crippen molar-refractivity contribution < 1.29 is 17.9 Å². The lowest BCUT2D eigenvalue weighted by Crippen LogP contribution is -2.23. The zero-order valence-corrected chi connectivity index (χ0v) is 11.7. The molecule has 7 nitrogen and oxygen atoms in total. The van der Waals surface area contributed by atoms with E-state index in [1.54, 1.807) is 18.9 Å². The number of anilines is 1. The van der Waals surface area contributed by atoms with Crippen LogP contribution in [0, 0.1) is 0 Å². The summed E-state index contributed by atoms with van der Waals surface area (Å²) >= 11 is 0. The first-order valence-corrected chi connectivity index (χ1v) is 7.25. The van der Waals surface area contributed by atoms with Crippen LogP contribution in [0.25, 0.3) is 0 Å². The zero-order valence-electron chi connectivity index (χ0n) is 10.9. The van der Waals surface area contributed by atoms with Crippen molar-refractivity contribution in [2.45, 2.75) is 18.2 Å². The second-order valence-electron chi connectivity index (χ2n) is 3.87. The van der Waals surface area contributed by atoms with Crippen LogP contribution >= 0.6 is 0 Å². The van der Waals surface area contributed by atoms with Crippen molar-refractivity contribution >= 4 is 21.8 Å². The molecular formula is C11H17N3O4S. The number of nitrogens with zero attached hydrogens (tertiary/aromatic N) is 2. The molecular weight excluding hydrogens is 270 g/mol. The van der Waals surface area contributed by atoms with E-state index in [2.05, 4.69) is 4.98 Å². The van der Waals surface area contributed by atoms with Gasteiger partial charge in [0.15, 0.2) is 0 Å². The highest BCUT2D eigenvalue weighted by Gasteiger charge is 2.10. The lowest BCUT2D eigenvalue weighted by Gasteiger charge is -2.17. The first-order valence-electron chi connectivity index (χ1n) is 5.70. The van der Waals surface area contributed by atoms with Crippen molar-refractivity contribution in [3.8, 4) is 0 Å². The predicted octanol–water partition coefficient (Wildman–Crippen LogP) is 0.118. The Morgan fingerprint density at radius 2 is 2.16 bits per heavy atom. The second-order valence-corrected chi connectivity index (χ2v) is 5.44. The third-order valence-corrected chi connectivity index (χ3v) is 3.30. The fourth-order valence-electron chi connectivity index (χ4n) is 1.37. The van der Waals surface area contributed by atoms with Gasteiger partial charge in [0.05, 0.1) is 13.0 Å². The van der Waals surface area contributed by atoms with Crippen LogP contribution < -0.4 is 10.0 Å². The molecule has 0 spiro atoms. The minimum Gasteiger partial charge on any atom is -0.466 e. The summed E-state index contributed by atoms with van der Waals surface area (Å²) in [5.41, 5.74) is 0. The van der Waals surface area contributed by atoms with Gasteiger partial charge in [0.1, 0.15) is 10.7 Å². The number of ether oxygens (including phenoxy) is 1. The summed E-state index contributed by atoms with van der Waals surface area (Å²) in [6, 6.07) is 2.91. The van der Waals surface area contributed by atoms with Crippen LogP contribution in [0.5, 0.6) is 0 Å². The number of hydrogen-bond acceptors (Lipinski definition) is 6. The lowest BCUT2D eigenvalue weighted by molar-refractivity contribution is -0.142. The topological polar surface area (TPSA) is 103 Å². The van der Waals surface area contributed by atoms with Gasteiger partial charge in [0.2, 0.25) is 10.0 Å². The van der Waals surface area contributed by atoms with Gasteiger partial charge in [0.25, 0.3) is 0 Å². The third kappa shape index (κ3) is 4.84. The van der Waals surface area contributed by atoms with Gasteiger partial charge in [-0.2, -0.15) is 0 Å². The van der Waals surface area contributed by atoms with Crippen molar-refractivity contribution in [1.29, 1.82) is 0 Å². The summed E-state index contributed by atoms with van der Waals surface area (Å²) in [7, 11) is -1.99. The summed E-state index contributed by atoms with van der Waals surface area (Å²) in [6.45, 7) is 2.53. The van der Waals surface area contributed by atoms with E-state index >= 15 is 0 Å². The fourth-order valence-corrected chi connectivity index (χ4v) is 1.83. The maximum Gasteiger partial charge on any atom is 0.307 e. The molecule has 0 aliphatic rings. The van der Waals surface area contributed by atoms with E-state index in [9.17, 15) is 13.2 Å². The molecule has 0 aliphatic carbocycles. The minimum atomic E-state index is -3.73. The van der Waals surface area contributed by atoms with E-state index in [-0.39, 0.29) is 17.3 Å². The number of pyridine rings is 1. The highest BCUT2D eigenvalue weighted by molar-refractivity contribution is 7.89. The van der Waals surface area contributed by atoms with Gasteiger partial charge in [-0.15, -0.1) is 0 Å². The van der Waals surface area contributed by atoms with E-state index < -0.39 is 10.0 Å². The Morgan fingerprint density at radius 3 is 2.63 bits per heavy atom. The largest absolute Gasteiger partial charge is 0.466 e. The second kappa shape index (κ2) is 6.48. The van der Waals surface area contributed by atoms with Crippen LogP contribution in [0.3, 0.4) is 0 Å². The number of esters is 1. The Balaban J connectivity index is 2.63. The van der Waals surface area contributed by atoms with Gasteiger partial charge >= 0.3 is 5.97 Å². The number of hydrogen-bond donors (Lipinski definition) is 1. The van der Waals surface area contributed by atoms with E-state index in [1.165, 1.54) is 18.3 Å². The molecule has 0 aromatic carbocycles. The van der Waals surface area contributed by atoms with Crippen molar-refractivity contribution in [3.63, 3.8) is 0 Å². The summed E-state index contributed by atoms with van der Waals surface area (Å²) in [6.07, 6.45) is 1.43. The maximum atomic E-state index is 11.2. The van der Waals surface area contributed by atoms with Crippen molar-refractivity contribution in [2.75, 3.05) is 25.1 Å². The fraction of sp³-hybridized carbons (Fsp3) is 0.455. The van der Waals surface area contributed by atoms with Gasteiger partial charge in [-0.1, -0.05) is 0 Å². The Labute approximate surface area is 112 Å². The van der Waals surface area contributed by atoms with Crippen LogP contribution in [0.15, 0.2) is 23.2 Å². The summed E-state index contributed by atoms with van der Waals surface area (Å²) in [4.78, 5) is 16.9. The molecule has 2 N–H and O–H groups in total. The maximum absolute atomic E-state index is 11.2. The van der Waals surface area contributed by atoms with Gasteiger partial charge in [-0.3, -0.25) is 4.79 Å². The number of rotatable bonds is 6. The van der Waals surface area contributed by atoms with Crippen molar-refractivity contribution in [1.82, 2.24) is 4.98 Å². The average Bonchev–Trinajstić information content (AvgIpc) is 2.35. The number of aromatic nitrogens is 1. The number of carbonyl (C=O) groups is 1. The van der Waals surface area contributed by atoms with Crippen LogP contribution in [-0.2, 0) is 19.6 Å². The monoisotopic (exact) mass is 287 g/mol. The van der Waals surface area contributed by atoms with Crippen molar-refractivity contribution in [3.05, 3.63) is 18.3 Å². The van der Waals surface area contributed by atoms with Crippen molar-refractivity contribution in [2.24, 2.45) is 5.14 Å². The smallest absolute Gasteiger partial charge is 0.307 e. The first-order chi connectivity index (χ1) is 8.84. The molecule has 8 heteroatoms. The molecule has 0 unspecified atom stereocenters. The minimum absolute atomic E-state index is 0.0463. The van der Waals surface area contributed by atoms with Crippen LogP contribution in [0.2, 0.25) is 0 Å². The van der Waals surface area contributed by atoms with Crippen LogP contribution in [0.4, 0.5) is 5.82 Å². The Hall–Kier alpha value is -1.67. The normalized spacial score (nSPS) is 11.1. The lowest BCUT2D eigenvalue weighted by atomic mass is 10.3. The predicted molar refractivity (Wildman–Crippen MR) is 70.1 cm³/mol. The number of primary sulfonamides is 1. The van der Waals surface area contributed by atoms with Gasteiger partial charge in [-0.05, 0) is 19.1 Å². The molecule has 0 bridgehead atoms. The van der Waals surface area contributed by atoms with Crippen LogP contribution in [0.1, 0.15) is 13.3 Å². The molecule has 1 rings (SSSR count). The summed E-state index contributed by atoms with van der Waals surface area (Å²) in [5.74, 6) is 0.271. The van der Waals surface area contributed by atoms with Gasteiger partial charge < -0.3 is 9.64 Å². The first kappa shape index (κ1) is 15.4. The quantitative estimate of drug-likeness (QED) is 0.745. The number of carbonyl (C=O) groups excluding carboxylic acids is 1. The van der Waals surface area contributed by atoms with Gasteiger partial charge in [-0.25, -0.2) is 18.5 Å². The molecule has 0 amide bonds. The Bertz CT molecular complexity index is 527. The molecule has 0 fully saturated rings. The average molecular weight is 287 g/mol. The Kier molecular flexibility index (Phi) is 5.25. The zero-order chi connectivity index (χ0) is 14.5. The molecule has 1 aromatic heterocycles. The highest BCUT2D eigenvalue weighted by atomic mass is 32.2.